The molecule has 0 atom stereocenters. The molecule has 0 bridgehead atoms. The summed E-state index contributed by atoms with van der Waals surface area (Å²) in [5, 5.41) is 20.6. The maximum Gasteiger partial charge on any atom is 0.259 e. The molecule has 2 rings (SSSR count). The van der Waals surface area contributed by atoms with Crippen LogP contribution in [-0.2, 0) is 13.1 Å². The third-order valence-corrected chi connectivity index (χ3v) is 3.72. The van der Waals surface area contributed by atoms with Crippen molar-refractivity contribution < 1.29 is 15.0 Å². The van der Waals surface area contributed by atoms with E-state index in [0.717, 1.165) is 5.56 Å². The molecule has 0 aliphatic rings. The van der Waals surface area contributed by atoms with Gasteiger partial charge in [-0.05, 0) is 30.7 Å². The second kappa shape index (κ2) is 6.50. The van der Waals surface area contributed by atoms with Gasteiger partial charge in [-0.15, -0.1) is 0 Å². The summed E-state index contributed by atoms with van der Waals surface area (Å²) in [6.45, 7) is 2.52. The SMILES string of the molecule is CCn1cc(C(=O)N(C)Cc2cc(Cl)cc(Cl)c2)c(O)c1O. The van der Waals surface area contributed by atoms with Crippen LogP contribution in [0.1, 0.15) is 22.8 Å². The molecule has 1 aromatic heterocycles. The summed E-state index contributed by atoms with van der Waals surface area (Å²) in [6, 6.07) is 5.04. The Morgan fingerprint density at radius 1 is 1.23 bits per heavy atom. The highest BCUT2D eigenvalue weighted by Crippen LogP contribution is 2.32. The minimum atomic E-state index is -0.414. The number of nitrogens with zero attached hydrogens (tertiary/aromatic N) is 2. The van der Waals surface area contributed by atoms with E-state index in [1.54, 1.807) is 32.2 Å². The smallest absolute Gasteiger partial charge is 0.259 e. The molecule has 118 valence electrons. The fourth-order valence-corrected chi connectivity index (χ4v) is 2.76. The van der Waals surface area contributed by atoms with Gasteiger partial charge in [-0.1, -0.05) is 23.2 Å². The number of aromatic hydroxyl groups is 2. The van der Waals surface area contributed by atoms with Crippen molar-refractivity contribution in [2.75, 3.05) is 7.05 Å². The largest absolute Gasteiger partial charge is 0.503 e. The van der Waals surface area contributed by atoms with Crippen LogP contribution in [0.5, 0.6) is 11.6 Å². The lowest BCUT2D eigenvalue weighted by Crippen LogP contribution is -2.26. The molecule has 0 saturated heterocycles. The first-order chi connectivity index (χ1) is 10.3. The predicted octanol–water partition coefficient (Wildman–Crippen LogP) is 3.50. The molecule has 0 spiro atoms. The molecule has 1 amide bonds. The zero-order chi connectivity index (χ0) is 16.4. The van der Waals surface area contributed by atoms with Crippen molar-refractivity contribution in [3.8, 4) is 11.6 Å². The molecule has 1 heterocycles. The second-order valence-electron chi connectivity index (χ2n) is 4.94. The Balaban J connectivity index is 2.22. The lowest BCUT2D eigenvalue weighted by Gasteiger charge is -2.17. The number of hydrogen-bond donors (Lipinski definition) is 2. The Labute approximate surface area is 138 Å². The number of aromatic nitrogens is 1. The lowest BCUT2D eigenvalue weighted by molar-refractivity contribution is 0.0782. The Morgan fingerprint density at radius 2 is 1.82 bits per heavy atom. The van der Waals surface area contributed by atoms with Crippen LogP contribution in [0.25, 0.3) is 0 Å². The molecule has 0 fully saturated rings. The highest BCUT2D eigenvalue weighted by Gasteiger charge is 2.22. The van der Waals surface area contributed by atoms with Crippen LogP contribution in [0.3, 0.4) is 0 Å². The maximum atomic E-state index is 12.4. The summed E-state index contributed by atoms with van der Waals surface area (Å²) in [5.74, 6) is -1.14. The number of amides is 1. The highest BCUT2D eigenvalue weighted by atomic mass is 35.5. The topological polar surface area (TPSA) is 65.7 Å². The third kappa shape index (κ3) is 3.31. The van der Waals surface area contributed by atoms with E-state index < -0.39 is 11.7 Å². The molecule has 7 heteroatoms. The average molecular weight is 343 g/mol. The van der Waals surface area contributed by atoms with Gasteiger partial charge in [0.25, 0.3) is 5.91 Å². The van der Waals surface area contributed by atoms with E-state index in [1.807, 2.05) is 0 Å². The first-order valence-corrected chi connectivity index (χ1v) is 7.40. The Morgan fingerprint density at radius 3 is 2.32 bits per heavy atom. The van der Waals surface area contributed by atoms with Crippen molar-refractivity contribution in [2.45, 2.75) is 20.0 Å². The van der Waals surface area contributed by atoms with Crippen LogP contribution >= 0.6 is 23.2 Å². The van der Waals surface area contributed by atoms with Crippen molar-refractivity contribution in [2.24, 2.45) is 0 Å². The van der Waals surface area contributed by atoms with Crippen LogP contribution in [0.2, 0.25) is 10.0 Å². The van der Waals surface area contributed by atoms with Crippen molar-refractivity contribution in [3.63, 3.8) is 0 Å². The zero-order valence-corrected chi connectivity index (χ0v) is 13.7. The zero-order valence-electron chi connectivity index (χ0n) is 12.2. The van der Waals surface area contributed by atoms with Gasteiger partial charge in [-0.3, -0.25) is 4.79 Å². The van der Waals surface area contributed by atoms with Gasteiger partial charge in [0.05, 0.1) is 0 Å². The van der Waals surface area contributed by atoms with Crippen LogP contribution < -0.4 is 0 Å². The summed E-state index contributed by atoms with van der Waals surface area (Å²) in [5.41, 5.74) is 0.821. The van der Waals surface area contributed by atoms with Gasteiger partial charge in [-0.2, -0.15) is 0 Å². The standard InChI is InChI=1S/C15H16Cl2N2O3/c1-3-19-8-12(13(20)15(19)22)14(21)18(2)7-9-4-10(16)6-11(17)5-9/h4-6,8,20,22H,3,7H2,1-2H3. The highest BCUT2D eigenvalue weighted by molar-refractivity contribution is 6.34. The number of aryl methyl sites for hydroxylation is 1. The van der Waals surface area contributed by atoms with E-state index in [0.29, 0.717) is 16.6 Å². The number of hydrogen-bond acceptors (Lipinski definition) is 3. The third-order valence-electron chi connectivity index (χ3n) is 3.28. The molecule has 2 N–H and O–H groups in total. The van der Waals surface area contributed by atoms with Gasteiger partial charge >= 0.3 is 0 Å². The number of rotatable bonds is 4. The number of halogens is 2. The fourth-order valence-electron chi connectivity index (χ4n) is 2.19. The normalized spacial score (nSPS) is 10.7. The van der Waals surface area contributed by atoms with Crippen molar-refractivity contribution in [1.82, 2.24) is 9.47 Å². The molecule has 1 aromatic carbocycles. The second-order valence-corrected chi connectivity index (χ2v) is 5.81. The quantitative estimate of drug-likeness (QED) is 0.893. The van der Waals surface area contributed by atoms with Crippen LogP contribution in [0.15, 0.2) is 24.4 Å². The van der Waals surface area contributed by atoms with Crippen LogP contribution in [0, 0.1) is 0 Å². The van der Waals surface area contributed by atoms with Crippen molar-refractivity contribution in [3.05, 3.63) is 45.6 Å². The van der Waals surface area contributed by atoms with Gasteiger partial charge in [0.1, 0.15) is 5.56 Å². The molecular weight excluding hydrogens is 327 g/mol. The summed E-state index contributed by atoms with van der Waals surface area (Å²) in [4.78, 5) is 13.8. The van der Waals surface area contributed by atoms with E-state index in [9.17, 15) is 15.0 Å². The van der Waals surface area contributed by atoms with Gasteiger partial charge in [0.2, 0.25) is 5.88 Å². The van der Waals surface area contributed by atoms with Gasteiger partial charge in [0.15, 0.2) is 5.75 Å². The monoisotopic (exact) mass is 342 g/mol. The van der Waals surface area contributed by atoms with Gasteiger partial charge in [-0.25, -0.2) is 0 Å². The minimum Gasteiger partial charge on any atom is -0.503 e. The van der Waals surface area contributed by atoms with Gasteiger partial charge in [0, 0.05) is 36.4 Å². The Kier molecular flexibility index (Phi) is 4.88. The van der Waals surface area contributed by atoms with Crippen LogP contribution in [-0.4, -0.2) is 32.6 Å². The molecule has 5 nitrogen and oxygen atoms in total. The van der Waals surface area contributed by atoms with Crippen LogP contribution in [0.4, 0.5) is 0 Å². The van der Waals surface area contributed by atoms with E-state index in [4.69, 9.17) is 23.2 Å². The van der Waals surface area contributed by atoms with E-state index >= 15 is 0 Å². The molecule has 0 aliphatic carbocycles. The number of carbonyl (C=O) groups excluding carboxylic acids is 1. The number of benzene rings is 1. The molecule has 22 heavy (non-hydrogen) atoms. The predicted molar refractivity (Wildman–Crippen MR) is 85.7 cm³/mol. The fraction of sp³-hybridized carbons (Fsp3) is 0.267. The summed E-state index contributed by atoms with van der Waals surface area (Å²) < 4.78 is 1.40. The van der Waals surface area contributed by atoms with E-state index in [2.05, 4.69) is 0 Å². The maximum absolute atomic E-state index is 12.4. The van der Waals surface area contributed by atoms with Gasteiger partial charge < -0.3 is 19.7 Å². The molecule has 0 aliphatic heterocycles. The average Bonchev–Trinajstić information content (AvgIpc) is 2.73. The van der Waals surface area contributed by atoms with E-state index in [-0.39, 0.29) is 18.0 Å². The molecule has 0 unspecified atom stereocenters. The molecule has 0 radical (unpaired) electrons. The van der Waals surface area contributed by atoms with Crippen molar-refractivity contribution in [1.29, 1.82) is 0 Å². The minimum absolute atomic E-state index is 0.0509. The molecular formula is C15H16Cl2N2O3. The summed E-state index contributed by atoms with van der Waals surface area (Å²) in [6.07, 6.45) is 1.43. The first-order valence-electron chi connectivity index (χ1n) is 6.65. The van der Waals surface area contributed by atoms with E-state index in [1.165, 1.54) is 15.7 Å². The Hall–Kier alpha value is -1.85. The Bertz CT molecular complexity index is 693. The number of carbonyl (C=O) groups is 1. The molecule has 0 saturated carbocycles. The lowest BCUT2D eigenvalue weighted by atomic mass is 10.2. The first kappa shape index (κ1) is 16.5. The summed E-state index contributed by atoms with van der Waals surface area (Å²) in [7, 11) is 1.59. The summed E-state index contributed by atoms with van der Waals surface area (Å²) >= 11 is 11.9. The van der Waals surface area contributed by atoms with Crippen molar-refractivity contribution >= 4 is 29.1 Å². The molecule has 2 aromatic rings.